The third-order valence-electron chi connectivity index (χ3n) is 3.77. The lowest BCUT2D eigenvalue weighted by molar-refractivity contribution is 0.102. The second-order valence-corrected chi connectivity index (χ2v) is 6.04. The second-order valence-electron chi connectivity index (χ2n) is 6.04. The van der Waals surface area contributed by atoms with Crippen LogP contribution in [-0.4, -0.2) is 16.9 Å². The van der Waals surface area contributed by atoms with Crippen LogP contribution in [0.1, 0.15) is 48.7 Å². The molecule has 0 saturated heterocycles. The molecule has 1 aromatic carbocycles. The number of para-hydroxylation sites is 1. The highest BCUT2D eigenvalue weighted by Crippen LogP contribution is 2.26. The molecule has 1 aliphatic carbocycles. The highest BCUT2D eigenvalue weighted by Gasteiger charge is 2.21. The molecule has 1 aromatic heterocycles. The highest BCUT2D eigenvalue weighted by molar-refractivity contribution is 6.03. The van der Waals surface area contributed by atoms with Gasteiger partial charge in [0.25, 0.3) is 5.91 Å². The van der Waals surface area contributed by atoms with Crippen molar-refractivity contribution in [3.63, 3.8) is 0 Å². The van der Waals surface area contributed by atoms with Gasteiger partial charge in [0.05, 0.1) is 0 Å². The Morgan fingerprint density at radius 1 is 1.23 bits per heavy atom. The molecule has 0 bridgehead atoms. The molecule has 1 aliphatic rings. The third-order valence-corrected chi connectivity index (χ3v) is 3.77. The van der Waals surface area contributed by atoms with Crippen LogP contribution < -0.4 is 10.6 Å². The normalized spacial score (nSPS) is 14.0. The fourth-order valence-corrected chi connectivity index (χ4v) is 2.41. The molecule has 1 fully saturated rings. The van der Waals surface area contributed by atoms with Gasteiger partial charge in [0.1, 0.15) is 5.69 Å². The number of hydrogen-bond acceptors (Lipinski definition) is 3. The average Bonchev–Trinajstić information content (AvgIpc) is 3.32. The van der Waals surface area contributed by atoms with Crippen LogP contribution in [0.4, 0.5) is 11.4 Å². The molecule has 4 nitrogen and oxygen atoms in total. The highest BCUT2D eigenvalue weighted by atomic mass is 16.1. The lowest BCUT2D eigenvalue weighted by atomic mass is 10.0. The first-order valence-corrected chi connectivity index (χ1v) is 7.76. The lowest BCUT2D eigenvalue weighted by Gasteiger charge is -2.13. The van der Waals surface area contributed by atoms with Crippen molar-refractivity contribution in [3.05, 3.63) is 53.9 Å². The third kappa shape index (κ3) is 3.45. The average molecular weight is 295 g/mol. The van der Waals surface area contributed by atoms with E-state index in [4.69, 9.17) is 0 Å². The Bertz CT molecular complexity index is 678. The van der Waals surface area contributed by atoms with Gasteiger partial charge in [0, 0.05) is 23.6 Å². The molecule has 0 spiro atoms. The van der Waals surface area contributed by atoms with E-state index in [0.717, 1.165) is 16.9 Å². The van der Waals surface area contributed by atoms with Crippen LogP contribution in [0.3, 0.4) is 0 Å². The molecule has 3 rings (SSSR count). The minimum absolute atomic E-state index is 0.174. The number of nitrogens with one attached hydrogen (secondary N) is 2. The zero-order valence-electron chi connectivity index (χ0n) is 13.0. The van der Waals surface area contributed by atoms with Crippen molar-refractivity contribution in [1.82, 2.24) is 4.98 Å². The Labute approximate surface area is 131 Å². The number of benzene rings is 1. The van der Waals surface area contributed by atoms with Gasteiger partial charge < -0.3 is 10.6 Å². The van der Waals surface area contributed by atoms with Crippen molar-refractivity contribution in [1.29, 1.82) is 0 Å². The smallest absolute Gasteiger partial charge is 0.274 e. The lowest BCUT2D eigenvalue weighted by Crippen LogP contribution is -2.15. The van der Waals surface area contributed by atoms with Gasteiger partial charge in [0.2, 0.25) is 0 Å². The van der Waals surface area contributed by atoms with Crippen LogP contribution in [0.15, 0.2) is 42.6 Å². The van der Waals surface area contributed by atoms with E-state index in [0.29, 0.717) is 17.7 Å². The van der Waals surface area contributed by atoms with Gasteiger partial charge in [0.15, 0.2) is 0 Å². The molecule has 22 heavy (non-hydrogen) atoms. The van der Waals surface area contributed by atoms with E-state index in [-0.39, 0.29) is 5.91 Å². The van der Waals surface area contributed by atoms with E-state index < -0.39 is 0 Å². The SMILES string of the molecule is CC(C)c1ccccc1NC(=O)c1cc(NC2CC2)ccn1. The first kappa shape index (κ1) is 14.6. The van der Waals surface area contributed by atoms with Crippen LogP contribution in [0.25, 0.3) is 0 Å². The number of carbonyl (C=O) groups excluding carboxylic acids is 1. The molecule has 1 saturated carbocycles. The predicted molar refractivity (Wildman–Crippen MR) is 89.4 cm³/mol. The standard InChI is InChI=1S/C18H21N3O/c1-12(2)15-5-3-4-6-16(15)21-18(22)17-11-14(9-10-19-17)20-13-7-8-13/h3-6,9-13H,7-8H2,1-2H3,(H,19,20)(H,21,22). The molecular weight excluding hydrogens is 274 g/mol. The van der Waals surface area contributed by atoms with Gasteiger partial charge in [-0.15, -0.1) is 0 Å². The summed E-state index contributed by atoms with van der Waals surface area (Å²) in [4.78, 5) is 16.6. The fourth-order valence-electron chi connectivity index (χ4n) is 2.41. The van der Waals surface area contributed by atoms with E-state index in [9.17, 15) is 4.79 Å². The molecule has 2 aromatic rings. The van der Waals surface area contributed by atoms with Crippen LogP contribution in [-0.2, 0) is 0 Å². The molecule has 1 heterocycles. The van der Waals surface area contributed by atoms with E-state index >= 15 is 0 Å². The monoisotopic (exact) mass is 295 g/mol. The zero-order chi connectivity index (χ0) is 15.5. The fraction of sp³-hybridized carbons (Fsp3) is 0.333. The van der Waals surface area contributed by atoms with E-state index in [1.807, 2.05) is 36.4 Å². The molecule has 4 heteroatoms. The Balaban J connectivity index is 1.76. The molecule has 2 N–H and O–H groups in total. The quantitative estimate of drug-likeness (QED) is 0.875. The number of aromatic nitrogens is 1. The Hall–Kier alpha value is -2.36. The van der Waals surface area contributed by atoms with Crippen LogP contribution in [0.2, 0.25) is 0 Å². The maximum absolute atomic E-state index is 12.4. The first-order valence-electron chi connectivity index (χ1n) is 7.76. The minimum atomic E-state index is -0.174. The Kier molecular flexibility index (Phi) is 4.09. The molecule has 0 radical (unpaired) electrons. The number of anilines is 2. The Morgan fingerprint density at radius 3 is 2.73 bits per heavy atom. The number of rotatable bonds is 5. The summed E-state index contributed by atoms with van der Waals surface area (Å²) in [6.45, 7) is 4.23. The van der Waals surface area contributed by atoms with Gasteiger partial charge in [-0.05, 0) is 42.5 Å². The van der Waals surface area contributed by atoms with Crippen molar-refractivity contribution in [3.8, 4) is 0 Å². The van der Waals surface area contributed by atoms with Crippen LogP contribution >= 0.6 is 0 Å². The second kappa shape index (κ2) is 6.18. The summed E-state index contributed by atoms with van der Waals surface area (Å²) in [7, 11) is 0. The van der Waals surface area contributed by atoms with Gasteiger partial charge in [-0.1, -0.05) is 32.0 Å². The Morgan fingerprint density at radius 2 is 2.00 bits per heavy atom. The number of hydrogen-bond donors (Lipinski definition) is 2. The van der Waals surface area contributed by atoms with Gasteiger partial charge >= 0.3 is 0 Å². The molecular formula is C18H21N3O. The summed E-state index contributed by atoms with van der Waals surface area (Å²) in [5.41, 5.74) is 3.37. The summed E-state index contributed by atoms with van der Waals surface area (Å²) in [5.74, 6) is 0.180. The summed E-state index contributed by atoms with van der Waals surface area (Å²) in [5, 5.41) is 6.36. The summed E-state index contributed by atoms with van der Waals surface area (Å²) < 4.78 is 0. The van der Waals surface area contributed by atoms with Gasteiger partial charge in [-0.25, -0.2) is 0 Å². The van der Waals surface area contributed by atoms with Crippen LogP contribution in [0.5, 0.6) is 0 Å². The largest absolute Gasteiger partial charge is 0.382 e. The first-order chi connectivity index (χ1) is 10.6. The van der Waals surface area contributed by atoms with Crippen molar-refractivity contribution >= 4 is 17.3 Å². The van der Waals surface area contributed by atoms with Crippen molar-refractivity contribution in [2.45, 2.75) is 38.6 Å². The summed E-state index contributed by atoms with van der Waals surface area (Å²) >= 11 is 0. The summed E-state index contributed by atoms with van der Waals surface area (Å²) in [6, 6.07) is 12.2. The van der Waals surface area contributed by atoms with Gasteiger partial charge in [-0.3, -0.25) is 9.78 Å². The summed E-state index contributed by atoms with van der Waals surface area (Å²) in [6.07, 6.45) is 4.07. The molecule has 1 amide bonds. The molecule has 114 valence electrons. The van der Waals surface area contributed by atoms with E-state index in [1.54, 1.807) is 6.20 Å². The zero-order valence-corrected chi connectivity index (χ0v) is 13.0. The van der Waals surface area contributed by atoms with Crippen molar-refractivity contribution in [2.24, 2.45) is 0 Å². The predicted octanol–water partition coefficient (Wildman–Crippen LogP) is 4.03. The number of nitrogens with zero attached hydrogens (tertiary/aromatic N) is 1. The maximum Gasteiger partial charge on any atom is 0.274 e. The van der Waals surface area contributed by atoms with Crippen LogP contribution in [0, 0.1) is 0 Å². The number of carbonyl (C=O) groups is 1. The van der Waals surface area contributed by atoms with Crippen molar-refractivity contribution < 1.29 is 4.79 Å². The number of amides is 1. The van der Waals surface area contributed by atoms with E-state index in [2.05, 4.69) is 29.5 Å². The van der Waals surface area contributed by atoms with Gasteiger partial charge in [-0.2, -0.15) is 0 Å². The molecule has 0 unspecified atom stereocenters. The minimum Gasteiger partial charge on any atom is -0.382 e. The number of pyridine rings is 1. The maximum atomic E-state index is 12.4. The topological polar surface area (TPSA) is 54.0 Å². The molecule has 0 aliphatic heterocycles. The van der Waals surface area contributed by atoms with Crippen molar-refractivity contribution in [2.75, 3.05) is 10.6 Å². The van der Waals surface area contributed by atoms with E-state index in [1.165, 1.54) is 12.8 Å². The molecule has 0 atom stereocenters.